The number of hydrogen-bond acceptors (Lipinski definition) is 1. The van der Waals surface area contributed by atoms with Gasteiger partial charge in [0, 0.05) is 6.54 Å². The number of benzene rings is 1. The lowest BCUT2D eigenvalue weighted by atomic mass is 10.1. The second-order valence-corrected chi connectivity index (χ2v) is 4.22. The highest BCUT2D eigenvalue weighted by atomic mass is 127. The van der Waals surface area contributed by atoms with E-state index in [1.807, 2.05) is 0 Å². The number of urea groups is 1. The van der Waals surface area contributed by atoms with E-state index < -0.39 is 17.8 Å². The van der Waals surface area contributed by atoms with Gasteiger partial charge in [0.2, 0.25) is 0 Å². The minimum absolute atomic E-state index is 0.0700. The summed E-state index contributed by atoms with van der Waals surface area (Å²) in [7, 11) is 0. The smallest absolute Gasteiger partial charge is 0.333 e. The summed E-state index contributed by atoms with van der Waals surface area (Å²) in [4.78, 5) is 11.3. The molecule has 0 spiro atoms. The van der Waals surface area contributed by atoms with Crippen molar-refractivity contribution in [2.45, 2.75) is 12.7 Å². The summed E-state index contributed by atoms with van der Waals surface area (Å²) in [6, 6.07) is 3.34. The largest absolute Gasteiger partial charge is 0.418 e. The molecule has 1 heterocycles. The number of amides is 2. The topological polar surface area (TPSA) is 32.3 Å². The van der Waals surface area contributed by atoms with E-state index in [0.29, 0.717) is 5.56 Å². The van der Waals surface area contributed by atoms with Crippen molar-refractivity contribution in [2.75, 3.05) is 3.11 Å². The molecule has 0 radical (unpaired) electrons. The molecule has 7 heteroatoms. The van der Waals surface area contributed by atoms with Crippen molar-refractivity contribution in [3.63, 3.8) is 0 Å². The van der Waals surface area contributed by atoms with Crippen LogP contribution in [-0.2, 0) is 12.7 Å². The highest BCUT2D eigenvalue weighted by Gasteiger charge is 2.38. The summed E-state index contributed by atoms with van der Waals surface area (Å²) in [5.74, 6) is 0. The standard InChI is InChI=1S/C9H6F3IN2O/c10-9(11,12)6-3-1-2-5-4-14-8(16)15(13)7(5)6/h1-3H,4H2,(H,14,16). The Morgan fingerprint density at radius 1 is 1.38 bits per heavy atom. The molecule has 0 saturated carbocycles. The van der Waals surface area contributed by atoms with Gasteiger partial charge in [0.1, 0.15) is 0 Å². The lowest BCUT2D eigenvalue weighted by Crippen LogP contribution is -2.39. The Morgan fingerprint density at radius 3 is 2.69 bits per heavy atom. The molecule has 1 aliphatic rings. The van der Waals surface area contributed by atoms with Crippen molar-refractivity contribution in [1.82, 2.24) is 5.32 Å². The second-order valence-electron chi connectivity index (χ2n) is 3.25. The zero-order valence-corrected chi connectivity index (χ0v) is 9.96. The van der Waals surface area contributed by atoms with Crippen molar-refractivity contribution in [3.8, 4) is 0 Å². The Morgan fingerprint density at radius 2 is 2.06 bits per heavy atom. The molecule has 0 unspecified atom stereocenters. The van der Waals surface area contributed by atoms with Gasteiger partial charge in [-0.1, -0.05) is 12.1 Å². The van der Waals surface area contributed by atoms with Crippen LogP contribution in [0.25, 0.3) is 0 Å². The van der Waals surface area contributed by atoms with Gasteiger partial charge in [-0.15, -0.1) is 0 Å². The average molecular weight is 342 g/mol. The summed E-state index contributed by atoms with van der Waals surface area (Å²) in [6.45, 7) is 0.123. The molecule has 0 fully saturated rings. The number of para-hydroxylation sites is 1. The van der Waals surface area contributed by atoms with E-state index in [1.54, 1.807) is 28.9 Å². The third-order valence-corrected chi connectivity index (χ3v) is 3.15. The minimum Gasteiger partial charge on any atom is -0.333 e. The Bertz CT molecular complexity index is 447. The Hall–Kier alpha value is -0.990. The molecule has 1 aromatic rings. The van der Waals surface area contributed by atoms with Crippen LogP contribution in [-0.4, -0.2) is 6.03 Å². The first kappa shape index (κ1) is 11.5. The number of fused-ring (bicyclic) bond motifs is 1. The normalized spacial score (nSPS) is 15.8. The second kappa shape index (κ2) is 3.79. The van der Waals surface area contributed by atoms with Gasteiger partial charge < -0.3 is 5.32 Å². The summed E-state index contributed by atoms with van der Waals surface area (Å²) in [6.07, 6.45) is -4.45. The zero-order chi connectivity index (χ0) is 11.9. The fourth-order valence-corrected chi connectivity index (χ4v) is 2.28. The molecular weight excluding hydrogens is 336 g/mol. The Balaban J connectivity index is 2.62. The van der Waals surface area contributed by atoms with E-state index >= 15 is 0 Å². The first-order chi connectivity index (χ1) is 7.41. The zero-order valence-electron chi connectivity index (χ0n) is 7.81. The van der Waals surface area contributed by atoms with Crippen LogP contribution in [0.5, 0.6) is 0 Å². The number of anilines is 1. The molecule has 1 N–H and O–H groups in total. The Labute approximate surface area is 103 Å². The predicted molar refractivity (Wildman–Crippen MR) is 60.2 cm³/mol. The highest BCUT2D eigenvalue weighted by Crippen LogP contribution is 2.40. The van der Waals surface area contributed by atoms with Gasteiger partial charge in [-0.05, 0) is 11.6 Å². The Kier molecular flexibility index (Phi) is 2.72. The minimum atomic E-state index is -4.45. The number of carbonyl (C=O) groups is 1. The maximum atomic E-state index is 12.7. The molecule has 2 rings (SSSR count). The third-order valence-electron chi connectivity index (χ3n) is 2.23. The fraction of sp³-hybridized carbons (Fsp3) is 0.222. The van der Waals surface area contributed by atoms with Gasteiger partial charge in [0.05, 0.1) is 34.1 Å². The van der Waals surface area contributed by atoms with Crippen LogP contribution in [0, 0.1) is 0 Å². The number of alkyl halides is 3. The molecule has 3 nitrogen and oxygen atoms in total. The maximum Gasteiger partial charge on any atom is 0.418 e. The van der Waals surface area contributed by atoms with E-state index in [-0.39, 0.29) is 12.2 Å². The molecule has 0 bridgehead atoms. The molecule has 1 aromatic carbocycles. The molecule has 0 aromatic heterocycles. The van der Waals surface area contributed by atoms with Crippen LogP contribution in [0.2, 0.25) is 0 Å². The quantitative estimate of drug-likeness (QED) is 0.570. The third kappa shape index (κ3) is 1.83. The lowest BCUT2D eigenvalue weighted by Gasteiger charge is -2.27. The lowest BCUT2D eigenvalue weighted by molar-refractivity contribution is -0.137. The van der Waals surface area contributed by atoms with E-state index in [9.17, 15) is 18.0 Å². The SMILES string of the molecule is O=C1NCc2cccc(C(F)(F)F)c2N1I. The van der Waals surface area contributed by atoms with Crippen molar-refractivity contribution in [2.24, 2.45) is 0 Å². The van der Waals surface area contributed by atoms with Crippen LogP contribution in [0.15, 0.2) is 18.2 Å². The molecular formula is C9H6F3IN2O. The molecule has 0 atom stereocenters. The van der Waals surface area contributed by atoms with Crippen LogP contribution in [0.4, 0.5) is 23.7 Å². The molecule has 86 valence electrons. The van der Waals surface area contributed by atoms with Crippen molar-refractivity contribution < 1.29 is 18.0 Å². The van der Waals surface area contributed by atoms with Crippen LogP contribution in [0.1, 0.15) is 11.1 Å². The molecule has 1 aliphatic heterocycles. The van der Waals surface area contributed by atoms with Gasteiger partial charge in [0.15, 0.2) is 0 Å². The number of nitrogens with zero attached hydrogens (tertiary/aromatic N) is 1. The summed E-state index contributed by atoms with van der Waals surface area (Å²) >= 11 is 1.56. The number of hydrogen-bond donors (Lipinski definition) is 1. The summed E-state index contributed by atoms with van der Waals surface area (Å²) in [5.41, 5.74) is -0.391. The van der Waals surface area contributed by atoms with Gasteiger partial charge in [-0.3, -0.25) is 0 Å². The molecule has 2 amide bonds. The monoisotopic (exact) mass is 342 g/mol. The molecule has 0 saturated heterocycles. The van der Waals surface area contributed by atoms with Gasteiger partial charge in [-0.2, -0.15) is 13.2 Å². The van der Waals surface area contributed by atoms with E-state index in [2.05, 4.69) is 5.32 Å². The van der Waals surface area contributed by atoms with Crippen LogP contribution >= 0.6 is 22.9 Å². The van der Waals surface area contributed by atoms with Crippen LogP contribution < -0.4 is 8.43 Å². The van der Waals surface area contributed by atoms with Gasteiger partial charge in [-0.25, -0.2) is 7.91 Å². The number of nitrogens with one attached hydrogen (secondary N) is 1. The average Bonchev–Trinajstić information content (AvgIpc) is 2.21. The van der Waals surface area contributed by atoms with E-state index in [0.717, 1.165) is 9.18 Å². The van der Waals surface area contributed by atoms with Crippen molar-refractivity contribution in [1.29, 1.82) is 0 Å². The first-order valence-corrected chi connectivity index (χ1v) is 5.30. The maximum absolute atomic E-state index is 12.7. The van der Waals surface area contributed by atoms with Crippen molar-refractivity contribution in [3.05, 3.63) is 29.3 Å². The number of halogens is 4. The van der Waals surface area contributed by atoms with Crippen LogP contribution in [0.3, 0.4) is 0 Å². The highest BCUT2D eigenvalue weighted by molar-refractivity contribution is 14.1. The summed E-state index contributed by atoms with van der Waals surface area (Å²) < 4.78 is 39.1. The molecule has 0 aliphatic carbocycles. The summed E-state index contributed by atoms with van der Waals surface area (Å²) in [5, 5.41) is 2.48. The number of rotatable bonds is 0. The van der Waals surface area contributed by atoms with Crippen molar-refractivity contribution >= 4 is 34.6 Å². The van der Waals surface area contributed by atoms with Gasteiger partial charge in [0.25, 0.3) is 0 Å². The first-order valence-electron chi connectivity index (χ1n) is 4.34. The predicted octanol–water partition coefficient (Wildman–Crippen LogP) is 3.09. The number of carbonyl (C=O) groups excluding carboxylic acids is 1. The molecule has 16 heavy (non-hydrogen) atoms. The fourth-order valence-electron chi connectivity index (χ4n) is 1.54. The van der Waals surface area contributed by atoms with E-state index in [4.69, 9.17) is 0 Å². The van der Waals surface area contributed by atoms with Gasteiger partial charge >= 0.3 is 12.2 Å². The van der Waals surface area contributed by atoms with E-state index in [1.165, 1.54) is 6.07 Å².